The molecule has 0 heterocycles. The molecule has 102 valence electrons. The summed E-state index contributed by atoms with van der Waals surface area (Å²) in [5, 5.41) is 6.29. The molecule has 0 bridgehead atoms. The normalized spacial score (nSPS) is 9.90. The zero-order valence-corrected chi connectivity index (χ0v) is 15.4. The second kappa shape index (κ2) is 8.84. The van der Waals surface area contributed by atoms with E-state index in [-0.39, 0.29) is 0 Å². The largest absolute Gasteiger partial charge is 0.0693 e. The van der Waals surface area contributed by atoms with Crippen molar-refractivity contribution in [2.24, 2.45) is 0 Å². The number of benzene rings is 2. The van der Waals surface area contributed by atoms with Crippen LogP contribution in [-0.4, -0.2) is 0 Å². The lowest BCUT2D eigenvalue weighted by Crippen LogP contribution is -1.80. The molecule has 2 aromatic carbocycles. The Morgan fingerprint density at radius 1 is 0.700 bits per heavy atom. The fourth-order valence-corrected chi connectivity index (χ4v) is 4.17. The number of hydrogen-bond donors (Lipinski definition) is 0. The molecule has 0 spiro atoms. The standard InChI is InChI=1S/C16H12Br2S2/c17-15-7-3-1-5-13(15)11-19-9-10-20-12-14-6-2-4-8-16(14)18/h1-8H,11-12H2. The average molecular weight is 428 g/mol. The van der Waals surface area contributed by atoms with Gasteiger partial charge in [0.2, 0.25) is 0 Å². The first-order chi connectivity index (χ1) is 9.77. The molecule has 0 amide bonds. The highest BCUT2D eigenvalue weighted by Crippen LogP contribution is 2.22. The van der Waals surface area contributed by atoms with Crippen molar-refractivity contribution in [1.82, 2.24) is 0 Å². The van der Waals surface area contributed by atoms with Gasteiger partial charge in [-0.25, -0.2) is 0 Å². The Hall–Kier alpha value is -0.340. The first-order valence-electron chi connectivity index (χ1n) is 5.98. The molecule has 4 heteroatoms. The summed E-state index contributed by atoms with van der Waals surface area (Å²) in [7, 11) is 0. The summed E-state index contributed by atoms with van der Waals surface area (Å²) in [6.07, 6.45) is 0. The Morgan fingerprint density at radius 3 is 1.50 bits per heavy atom. The molecule has 0 saturated heterocycles. The second-order valence-electron chi connectivity index (χ2n) is 3.96. The Kier molecular flexibility index (Phi) is 7.09. The topological polar surface area (TPSA) is 0 Å². The molecule has 0 radical (unpaired) electrons. The van der Waals surface area contributed by atoms with Crippen molar-refractivity contribution in [3.8, 4) is 10.5 Å². The van der Waals surface area contributed by atoms with E-state index in [4.69, 9.17) is 0 Å². The van der Waals surface area contributed by atoms with E-state index >= 15 is 0 Å². The molecular formula is C16H12Br2S2. The van der Waals surface area contributed by atoms with Gasteiger partial charge in [0.05, 0.1) is 0 Å². The van der Waals surface area contributed by atoms with Gasteiger partial charge in [-0.3, -0.25) is 0 Å². The van der Waals surface area contributed by atoms with E-state index in [0.29, 0.717) is 0 Å². The monoisotopic (exact) mass is 426 g/mol. The summed E-state index contributed by atoms with van der Waals surface area (Å²) in [5.74, 6) is 1.81. The Morgan fingerprint density at radius 2 is 1.10 bits per heavy atom. The van der Waals surface area contributed by atoms with E-state index in [2.05, 4.69) is 78.8 Å². The summed E-state index contributed by atoms with van der Waals surface area (Å²) in [4.78, 5) is 0. The highest BCUT2D eigenvalue weighted by atomic mass is 79.9. The van der Waals surface area contributed by atoms with E-state index in [9.17, 15) is 0 Å². The highest BCUT2D eigenvalue weighted by molar-refractivity contribution is 9.10. The fraction of sp³-hybridized carbons (Fsp3) is 0.125. The van der Waals surface area contributed by atoms with E-state index < -0.39 is 0 Å². The van der Waals surface area contributed by atoms with Crippen LogP contribution in [0, 0.1) is 10.5 Å². The number of thioether (sulfide) groups is 2. The van der Waals surface area contributed by atoms with Crippen LogP contribution in [0.1, 0.15) is 11.1 Å². The Labute approximate surface area is 145 Å². The zero-order chi connectivity index (χ0) is 14.2. The van der Waals surface area contributed by atoms with Crippen molar-refractivity contribution in [2.75, 3.05) is 0 Å². The molecule has 0 saturated carbocycles. The number of halogens is 2. The van der Waals surface area contributed by atoms with Gasteiger partial charge in [-0.15, -0.1) is 0 Å². The van der Waals surface area contributed by atoms with E-state index in [1.165, 1.54) is 11.1 Å². The molecule has 0 nitrogen and oxygen atoms in total. The number of rotatable bonds is 4. The summed E-state index contributed by atoms with van der Waals surface area (Å²) in [5.41, 5.74) is 2.56. The van der Waals surface area contributed by atoms with Gasteiger partial charge >= 0.3 is 0 Å². The van der Waals surface area contributed by atoms with Crippen LogP contribution in [0.15, 0.2) is 57.5 Å². The van der Waals surface area contributed by atoms with Crippen LogP contribution >= 0.6 is 55.4 Å². The molecule has 2 rings (SSSR count). The van der Waals surface area contributed by atoms with Crippen LogP contribution in [0.25, 0.3) is 0 Å². The molecule has 0 fully saturated rings. The molecule has 0 N–H and O–H groups in total. The molecule has 0 aromatic heterocycles. The van der Waals surface area contributed by atoms with Gasteiger partial charge in [-0.1, -0.05) is 91.8 Å². The fourth-order valence-electron chi connectivity index (χ4n) is 1.52. The lowest BCUT2D eigenvalue weighted by Gasteiger charge is -2.00. The predicted octanol–water partition coefficient (Wildman–Crippen LogP) is 6.30. The molecule has 0 aliphatic rings. The van der Waals surface area contributed by atoms with Gasteiger partial charge in [0, 0.05) is 20.5 Å². The molecule has 20 heavy (non-hydrogen) atoms. The highest BCUT2D eigenvalue weighted by Gasteiger charge is 1.98. The third kappa shape index (κ3) is 5.21. The summed E-state index contributed by atoms with van der Waals surface area (Å²) in [6.45, 7) is 0. The minimum absolute atomic E-state index is 0.907. The zero-order valence-electron chi connectivity index (χ0n) is 10.6. The number of hydrogen-bond acceptors (Lipinski definition) is 2. The first-order valence-corrected chi connectivity index (χ1v) is 9.53. The predicted molar refractivity (Wildman–Crippen MR) is 98.7 cm³/mol. The van der Waals surface area contributed by atoms with E-state index in [1.54, 1.807) is 23.5 Å². The van der Waals surface area contributed by atoms with Crippen LogP contribution < -0.4 is 0 Å². The van der Waals surface area contributed by atoms with Crippen LogP contribution in [0.4, 0.5) is 0 Å². The molecule has 0 aliphatic carbocycles. The van der Waals surface area contributed by atoms with Crippen molar-refractivity contribution in [3.63, 3.8) is 0 Å². The molecule has 0 aliphatic heterocycles. The lowest BCUT2D eigenvalue weighted by atomic mass is 10.2. The minimum atomic E-state index is 0.907. The SMILES string of the molecule is Brc1ccccc1CSC#CSCc1ccccc1Br. The maximum absolute atomic E-state index is 3.55. The molecule has 0 atom stereocenters. The van der Waals surface area contributed by atoms with Crippen molar-refractivity contribution in [1.29, 1.82) is 0 Å². The summed E-state index contributed by atoms with van der Waals surface area (Å²) in [6, 6.07) is 16.5. The second-order valence-corrected chi connectivity index (χ2v) is 7.24. The van der Waals surface area contributed by atoms with Crippen molar-refractivity contribution >= 4 is 55.4 Å². The van der Waals surface area contributed by atoms with E-state index in [0.717, 1.165) is 20.5 Å². The van der Waals surface area contributed by atoms with Gasteiger partial charge in [0.15, 0.2) is 0 Å². The quantitative estimate of drug-likeness (QED) is 0.525. The van der Waals surface area contributed by atoms with E-state index in [1.807, 2.05) is 12.1 Å². The van der Waals surface area contributed by atoms with Gasteiger partial charge in [0.25, 0.3) is 0 Å². The van der Waals surface area contributed by atoms with Crippen LogP contribution in [0.5, 0.6) is 0 Å². The molecular weight excluding hydrogens is 416 g/mol. The average Bonchev–Trinajstić information content (AvgIpc) is 2.46. The Bertz CT molecular complexity index is 576. The van der Waals surface area contributed by atoms with Crippen LogP contribution in [-0.2, 0) is 11.5 Å². The molecule has 0 unspecified atom stereocenters. The first kappa shape index (κ1) is 16.0. The third-order valence-corrected chi connectivity index (χ3v) is 5.64. The third-order valence-electron chi connectivity index (χ3n) is 2.56. The van der Waals surface area contributed by atoms with Gasteiger partial charge < -0.3 is 0 Å². The van der Waals surface area contributed by atoms with Crippen molar-refractivity contribution in [2.45, 2.75) is 11.5 Å². The molecule has 2 aromatic rings. The summed E-state index contributed by atoms with van der Waals surface area (Å²) < 4.78 is 2.30. The Balaban J connectivity index is 1.76. The maximum Gasteiger partial charge on any atom is 0.0319 e. The smallest absolute Gasteiger partial charge is 0.0319 e. The van der Waals surface area contributed by atoms with Crippen LogP contribution in [0.3, 0.4) is 0 Å². The van der Waals surface area contributed by atoms with Gasteiger partial charge in [-0.2, -0.15) is 0 Å². The van der Waals surface area contributed by atoms with Crippen molar-refractivity contribution in [3.05, 3.63) is 68.6 Å². The maximum atomic E-state index is 3.55. The van der Waals surface area contributed by atoms with Gasteiger partial charge in [0.1, 0.15) is 0 Å². The van der Waals surface area contributed by atoms with Crippen molar-refractivity contribution < 1.29 is 0 Å². The van der Waals surface area contributed by atoms with Crippen LogP contribution in [0.2, 0.25) is 0 Å². The minimum Gasteiger partial charge on any atom is -0.0693 e. The van der Waals surface area contributed by atoms with Gasteiger partial charge in [-0.05, 0) is 33.8 Å². The summed E-state index contributed by atoms with van der Waals surface area (Å²) >= 11 is 10.4. The lowest BCUT2D eigenvalue weighted by molar-refractivity contribution is 1.39.